The summed E-state index contributed by atoms with van der Waals surface area (Å²) in [5, 5.41) is 0. The van der Waals surface area contributed by atoms with E-state index in [9.17, 15) is 14.0 Å². The Bertz CT molecular complexity index is 677. The Morgan fingerprint density at radius 1 is 1.04 bits per heavy atom. The SMILES string of the molecule is CN(CCOc1ccc(F)cc1)C(=O)NNC(=O)c1ccccc1. The number of hydrogen-bond acceptors (Lipinski definition) is 3. The second kappa shape index (κ2) is 8.52. The van der Waals surface area contributed by atoms with Crippen LogP contribution in [-0.2, 0) is 0 Å². The molecule has 0 radical (unpaired) electrons. The lowest BCUT2D eigenvalue weighted by Crippen LogP contribution is -2.48. The highest BCUT2D eigenvalue weighted by molar-refractivity contribution is 5.95. The summed E-state index contributed by atoms with van der Waals surface area (Å²) < 4.78 is 18.2. The standard InChI is InChI=1S/C17H18FN3O3/c1-21(11-12-24-15-9-7-14(18)8-10-15)17(23)20-19-16(22)13-5-3-2-4-6-13/h2-10H,11-12H2,1H3,(H,19,22)(H,20,23). The van der Waals surface area contributed by atoms with E-state index in [-0.39, 0.29) is 12.4 Å². The minimum atomic E-state index is -0.470. The molecule has 2 aromatic rings. The second-order valence-corrected chi connectivity index (χ2v) is 4.97. The van der Waals surface area contributed by atoms with Crippen LogP contribution < -0.4 is 15.6 Å². The number of rotatable bonds is 5. The topological polar surface area (TPSA) is 70.7 Å². The van der Waals surface area contributed by atoms with Gasteiger partial charge in [0.1, 0.15) is 18.2 Å². The molecule has 0 aliphatic rings. The molecule has 7 heteroatoms. The first-order chi connectivity index (χ1) is 11.6. The van der Waals surface area contributed by atoms with Crippen LogP contribution in [0.25, 0.3) is 0 Å². The van der Waals surface area contributed by atoms with Crippen molar-refractivity contribution < 1.29 is 18.7 Å². The van der Waals surface area contributed by atoms with Gasteiger partial charge < -0.3 is 9.64 Å². The van der Waals surface area contributed by atoms with Gasteiger partial charge in [0.25, 0.3) is 5.91 Å². The molecule has 0 bridgehead atoms. The van der Waals surface area contributed by atoms with Crippen LogP contribution >= 0.6 is 0 Å². The van der Waals surface area contributed by atoms with Crippen LogP contribution in [0.2, 0.25) is 0 Å². The Balaban J connectivity index is 1.70. The highest BCUT2D eigenvalue weighted by atomic mass is 19.1. The summed E-state index contributed by atoms with van der Waals surface area (Å²) in [6.45, 7) is 0.534. The molecule has 0 saturated heterocycles. The van der Waals surface area contributed by atoms with E-state index in [1.165, 1.54) is 29.2 Å². The fraction of sp³-hybridized carbons (Fsp3) is 0.176. The first-order valence-corrected chi connectivity index (χ1v) is 7.31. The van der Waals surface area contributed by atoms with Crippen molar-refractivity contribution in [1.29, 1.82) is 0 Å². The zero-order valence-electron chi connectivity index (χ0n) is 13.2. The van der Waals surface area contributed by atoms with E-state index in [2.05, 4.69) is 10.9 Å². The molecule has 6 nitrogen and oxygen atoms in total. The smallest absolute Gasteiger partial charge is 0.335 e. The van der Waals surface area contributed by atoms with E-state index < -0.39 is 11.9 Å². The average Bonchev–Trinajstić information content (AvgIpc) is 2.61. The van der Waals surface area contributed by atoms with Gasteiger partial charge in [0.15, 0.2) is 0 Å². The van der Waals surface area contributed by atoms with Crippen LogP contribution in [0.5, 0.6) is 5.75 Å². The van der Waals surface area contributed by atoms with Crippen LogP contribution in [0.3, 0.4) is 0 Å². The maximum absolute atomic E-state index is 12.8. The Kier molecular flexibility index (Phi) is 6.13. The van der Waals surface area contributed by atoms with Gasteiger partial charge in [-0.15, -0.1) is 0 Å². The fourth-order valence-electron chi connectivity index (χ4n) is 1.80. The van der Waals surface area contributed by atoms with Crippen molar-refractivity contribution in [3.63, 3.8) is 0 Å². The van der Waals surface area contributed by atoms with E-state index in [1.54, 1.807) is 37.4 Å². The normalized spacial score (nSPS) is 9.92. The lowest BCUT2D eigenvalue weighted by atomic mass is 10.2. The summed E-state index contributed by atoms with van der Waals surface area (Å²) >= 11 is 0. The number of halogens is 1. The van der Waals surface area contributed by atoms with Gasteiger partial charge in [-0.1, -0.05) is 18.2 Å². The number of urea groups is 1. The molecule has 0 fully saturated rings. The third kappa shape index (κ3) is 5.28. The predicted molar refractivity (Wildman–Crippen MR) is 87.0 cm³/mol. The van der Waals surface area contributed by atoms with Crippen LogP contribution in [0.4, 0.5) is 9.18 Å². The van der Waals surface area contributed by atoms with Crippen molar-refractivity contribution in [3.8, 4) is 5.75 Å². The monoisotopic (exact) mass is 331 g/mol. The second-order valence-electron chi connectivity index (χ2n) is 4.97. The molecule has 0 heterocycles. The van der Waals surface area contributed by atoms with Gasteiger partial charge in [0, 0.05) is 12.6 Å². The van der Waals surface area contributed by atoms with Gasteiger partial charge in [-0.25, -0.2) is 14.6 Å². The summed E-state index contributed by atoms with van der Waals surface area (Å²) in [6, 6.07) is 13.7. The largest absolute Gasteiger partial charge is 0.492 e. The maximum Gasteiger partial charge on any atom is 0.335 e. The molecule has 0 saturated carbocycles. The van der Waals surface area contributed by atoms with Crippen molar-refractivity contribution >= 4 is 11.9 Å². The number of carbonyl (C=O) groups excluding carboxylic acids is 2. The number of hydrogen-bond donors (Lipinski definition) is 2. The zero-order chi connectivity index (χ0) is 17.4. The molecule has 3 amide bonds. The lowest BCUT2D eigenvalue weighted by molar-refractivity contribution is 0.0930. The number of likely N-dealkylation sites (N-methyl/N-ethyl adjacent to an activating group) is 1. The van der Waals surface area contributed by atoms with Crippen LogP contribution in [0.1, 0.15) is 10.4 Å². The zero-order valence-corrected chi connectivity index (χ0v) is 13.2. The van der Waals surface area contributed by atoms with Crippen molar-refractivity contribution in [2.75, 3.05) is 20.2 Å². The summed E-state index contributed by atoms with van der Waals surface area (Å²) in [5.74, 6) is -0.226. The highest BCUT2D eigenvalue weighted by Gasteiger charge is 2.10. The van der Waals surface area contributed by atoms with E-state index in [0.717, 1.165) is 0 Å². The Morgan fingerprint density at radius 2 is 1.71 bits per heavy atom. The van der Waals surface area contributed by atoms with Gasteiger partial charge in [-0.05, 0) is 36.4 Å². The van der Waals surface area contributed by atoms with E-state index in [0.29, 0.717) is 17.9 Å². The van der Waals surface area contributed by atoms with Gasteiger partial charge in [-0.2, -0.15) is 0 Å². The fourth-order valence-corrected chi connectivity index (χ4v) is 1.80. The van der Waals surface area contributed by atoms with Gasteiger partial charge >= 0.3 is 6.03 Å². The third-order valence-electron chi connectivity index (χ3n) is 3.17. The number of nitrogens with one attached hydrogen (secondary N) is 2. The number of ether oxygens (including phenoxy) is 1. The average molecular weight is 331 g/mol. The van der Waals surface area contributed by atoms with Crippen molar-refractivity contribution in [2.45, 2.75) is 0 Å². The third-order valence-corrected chi connectivity index (χ3v) is 3.17. The molecule has 2 aromatic carbocycles. The Morgan fingerprint density at radius 3 is 2.38 bits per heavy atom. The Labute approximate surface area is 139 Å². The van der Waals surface area contributed by atoms with Crippen LogP contribution in [-0.4, -0.2) is 37.0 Å². The molecule has 24 heavy (non-hydrogen) atoms. The molecule has 126 valence electrons. The molecule has 2 rings (SSSR count). The van der Waals surface area contributed by atoms with E-state index in [1.807, 2.05) is 0 Å². The van der Waals surface area contributed by atoms with Crippen molar-refractivity contribution in [2.24, 2.45) is 0 Å². The highest BCUT2D eigenvalue weighted by Crippen LogP contribution is 2.10. The number of carbonyl (C=O) groups is 2. The summed E-state index contributed by atoms with van der Waals surface area (Å²) in [4.78, 5) is 25.0. The molecule has 0 unspecified atom stereocenters. The number of amides is 3. The summed E-state index contributed by atoms with van der Waals surface area (Å²) in [7, 11) is 1.57. The first kappa shape index (κ1) is 17.3. The first-order valence-electron chi connectivity index (χ1n) is 7.31. The van der Waals surface area contributed by atoms with Gasteiger partial charge in [0.2, 0.25) is 0 Å². The summed E-state index contributed by atoms with van der Waals surface area (Å²) in [6.07, 6.45) is 0. The lowest BCUT2D eigenvalue weighted by Gasteiger charge is -2.18. The van der Waals surface area contributed by atoms with Gasteiger partial charge in [0.05, 0.1) is 6.54 Å². The molecular formula is C17H18FN3O3. The minimum absolute atomic E-state index is 0.238. The summed E-state index contributed by atoms with van der Waals surface area (Å²) in [5.41, 5.74) is 5.09. The molecule has 0 aliphatic carbocycles. The molecule has 2 N–H and O–H groups in total. The molecule has 0 atom stereocenters. The van der Waals surface area contributed by atoms with Crippen molar-refractivity contribution in [3.05, 3.63) is 66.0 Å². The van der Waals surface area contributed by atoms with Gasteiger partial charge in [-0.3, -0.25) is 10.2 Å². The quantitative estimate of drug-likeness (QED) is 0.825. The van der Waals surface area contributed by atoms with E-state index in [4.69, 9.17) is 4.74 Å². The number of hydrazine groups is 1. The minimum Gasteiger partial charge on any atom is -0.492 e. The van der Waals surface area contributed by atoms with E-state index >= 15 is 0 Å². The van der Waals surface area contributed by atoms with Crippen LogP contribution in [0.15, 0.2) is 54.6 Å². The molecule has 0 spiro atoms. The molecule has 0 aromatic heterocycles. The Hall–Kier alpha value is -3.09. The maximum atomic E-state index is 12.8. The number of nitrogens with zero attached hydrogens (tertiary/aromatic N) is 1. The van der Waals surface area contributed by atoms with Crippen LogP contribution in [0, 0.1) is 5.82 Å². The molecular weight excluding hydrogens is 313 g/mol. The predicted octanol–water partition coefficient (Wildman–Crippen LogP) is 2.19. The molecule has 0 aliphatic heterocycles. The number of benzene rings is 2. The van der Waals surface area contributed by atoms with Crippen molar-refractivity contribution in [1.82, 2.24) is 15.8 Å².